The number of rotatable bonds is 3. The van der Waals surface area contributed by atoms with Gasteiger partial charge in [0.05, 0.1) is 15.5 Å². The van der Waals surface area contributed by atoms with Gasteiger partial charge < -0.3 is 11.1 Å². The Kier molecular flexibility index (Phi) is 3.83. The largest absolute Gasteiger partial charge is 0.366 e. The van der Waals surface area contributed by atoms with E-state index in [9.17, 15) is 9.59 Å². The highest BCUT2D eigenvalue weighted by Crippen LogP contribution is 2.27. The SMILES string of the molecule is NC(=O)c1ccc(NC(=O)c2cc3ccccc3s2)cc1Cl. The van der Waals surface area contributed by atoms with E-state index in [1.807, 2.05) is 30.3 Å². The van der Waals surface area contributed by atoms with E-state index in [-0.39, 0.29) is 16.5 Å². The molecule has 0 unspecified atom stereocenters. The van der Waals surface area contributed by atoms with Crippen LogP contribution in [0, 0.1) is 0 Å². The molecule has 0 aliphatic rings. The topological polar surface area (TPSA) is 72.2 Å². The molecule has 0 saturated carbocycles. The number of carbonyl (C=O) groups is 2. The van der Waals surface area contributed by atoms with Crippen LogP contribution in [0.3, 0.4) is 0 Å². The first kappa shape index (κ1) is 14.6. The van der Waals surface area contributed by atoms with Gasteiger partial charge in [-0.05, 0) is 35.7 Å². The number of thiophene rings is 1. The van der Waals surface area contributed by atoms with Crippen molar-refractivity contribution in [1.29, 1.82) is 0 Å². The molecule has 0 saturated heterocycles. The Bertz CT molecular complexity index is 856. The van der Waals surface area contributed by atoms with Gasteiger partial charge in [0.25, 0.3) is 5.91 Å². The fourth-order valence-corrected chi connectivity index (χ4v) is 3.31. The summed E-state index contributed by atoms with van der Waals surface area (Å²) in [6, 6.07) is 14.2. The number of amides is 2. The normalized spacial score (nSPS) is 10.6. The molecule has 6 heteroatoms. The predicted octanol–water partition coefficient (Wildman–Crippen LogP) is 3.91. The average molecular weight is 331 g/mol. The van der Waals surface area contributed by atoms with Crippen molar-refractivity contribution in [2.75, 3.05) is 5.32 Å². The molecule has 0 aliphatic carbocycles. The van der Waals surface area contributed by atoms with E-state index in [0.717, 1.165) is 10.1 Å². The van der Waals surface area contributed by atoms with Gasteiger partial charge in [0.2, 0.25) is 5.91 Å². The zero-order chi connectivity index (χ0) is 15.7. The van der Waals surface area contributed by atoms with E-state index in [0.29, 0.717) is 10.6 Å². The highest BCUT2D eigenvalue weighted by molar-refractivity contribution is 7.20. The van der Waals surface area contributed by atoms with Crippen molar-refractivity contribution in [3.05, 3.63) is 64.0 Å². The molecule has 3 N–H and O–H groups in total. The Morgan fingerprint density at radius 2 is 1.86 bits per heavy atom. The first-order valence-electron chi connectivity index (χ1n) is 6.44. The maximum atomic E-state index is 12.3. The lowest BCUT2D eigenvalue weighted by atomic mass is 10.2. The average Bonchev–Trinajstić information content (AvgIpc) is 2.91. The number of fused-ring (bicyclic) bond motifs is 1. The summed E-state index contributed by atoms with van der Waals surface area (Å²) in [5.41, 5.74) is 5.93. The molecule has 0 radical (unpaired) electrons. The zero-order valence-corrected chi connectivity index (χ0v) is 12.9. The second-order valence-corrected chi connectivity index (χ2v) is 6.15. The van der Waals surface area contributed by atoms with Crippen molar-refractivity contribution in [3.63, 3.8) is 0 Å². The van der Waals surface area contributed by atoms with Gasteiger partial charge in [0, 0.05) is 10.4 Å². The number of nitrogens with one attached hydrogen (secondary N) is 1. The summed E-state index contributed by atoms with van der Waals surface area (Å²) in [7, 11) is 0. The molecule has 0 bridgehead atoms. The third kappa shape index (κ3) is 2.81. The summed E-state index contributed by atoms with van der Waals surface area (Å²) in [5, 5.41) is 4.00. The van der Waals surface area contributed by atoms with Crippen molar-refractivity contribution in [2.45, 2.75) is 0 Å². The number of nitrogens with two attached hydrogens (primary N) is 1. The van der Waals surface area contributed by atoms with Gasteiger partial charge in [0.1, 0.15) is 0 Å². The third-order valence-corrected chi connectivity index (χ3v) is 4.57. The van der Waals surface area contributed by atoms with E-state index < -0.39 is 5.91 Å². The Morgan fingerprint density at radius 1 is 1.09 bits per heavy atom. The number of primary amides is 1. The Morgan fingerprint density at radius 3 is 2.55 bits per heavy atom. The lowest BCUT2D eigenvalue weighted by Crippen LogP contribution is -2.13. The van der Waals surface area contributed by atoms with Gasteiger partial charge in [-0.3, -0.25) is 9.59 Å². The minimum Gasteiger partial charge on any atom is -0.366 e. The van der Waals surface area contributed by atoms with Crippen molar-refractivity contribution in [1.82, 2.24) is 0 Å². The molecule has 0 fully saturated rings. The molecule has 0 atom stereocenters. The van der Waals surface area contributed by atoms with Crippen LogP contribution in [0.15, 0.2) is 48.5 Å². The standard InChI is InChI=1S/C16H11ClN2O2S/c17-12-8-10(5-6-11(12)15(18)20)19-16(21)14-7-9-3-1-2-4-13(9)22-14/h1-8H,(H2,18,20)(H,19,21). The van der Waals surface area contributed by atoms with Crippen LogP contribution in [0.5, 0.6) is 0 Å². The molecule has 1 aromatic heterocycles. The van der Waals surface area contributed by atoms with E-state index in [4.69, 9.17) is 17.3 Å². The minimum absolute atomic E-state index is 0.210. The van der Waals surface area contributed by atoms with Crippen LogP contribution in [0.1, 0.15) is 20.0 Å². The number of hydrogen-bond donors (Lipinski definition) is 2. The van der Waals surface area contributed by atoms with E-state index in [1.165, 1.54) is 23.5 Å². The summed E-state index contributed by atoms with van der Waals surface area (Å²) in [5.74, 6) is -0.823. The van der Waals surface area contributed by atoms with Crippen molar-refractivity contribution in [3.8, 4) is 0 Å². The van der Waals surface area contributed by atoms with Crippen molar-refractivity contribution >= 4 is 50.5 Å². The fraction of sp³-hybridized carbons (Fsp3) is 0. The number of carbonyl (C=O) groups excluding carboxylic acids is 2. The van der Waals surface area contributed by atoms with Crippen molar-refractivity contribution in [2.24, 2.45) is 5.73 Å². The first-order chi connectivity index (χ1) is 10.5. The highest BCUT2D eigenvalue weighted by atomic mass is 35.5. The number of anilines is 1. The van der Waals surface area contributed by atoms with Crippen LogP contribution in [0.2, 0.25) is 5.02 Å². The molecular weight excluding hydrogens is 320 g/mol. The molecule has 1 heterocycles. The number of hydrogen-bond acceptors (Lipinski definition) is 3. The highest BCUT2D eigenvalue weighted by Gasteiger charge is 2.12. The van der Waals surface area contributed by atoms with Gasteiger partial charge in [-0.2, -0.15) is 0 Å². The molecule has 0 aliphatic heterocycles. The van der Waals surface area contributed by atoms with Crippen LogP contribution >= 0.6 is 22.9 Å². The quantitative estimate of drug-likeness (QED) is 0.764. The molecule has 2 aromatic carbocycles. The monoisotopic (exact) mass is 330 g/mol. The van der Waals surface area contributed by atoms with E-state index >= 15 is 0 Å². The summed E-state index contributed by atoms with van der Waals surface area (Å²) >= 11 is 7.39. The van der Waals surface area contributed by atoms with E-state index in [1.54, 1.807) is 6.07 Å². The van der Waals surface area contributed by atoms with Gasteiger partial charge >= 0.3 is 0 Å². The predicted molar refractivity (Wildman–Crippen MR) is 89.7 cm³/mol. The zero-order valence-electron chi connectivity index (χ0n) is 11.3. The van der Waals surface area contributed by atoms with E-state index in [2.05, 4.69) is 5.32 Å². The smallest absolute Gasteiger partial charge is 0.265 e. The molecule has 0 spiro atoms. The van der Waals surface area contributed by atoms with Crippen molar-refractivity contribution < 1.29 is 9.59 Å². The van der Waals surface area contributed by atoms with Gasteiger partial charge in [0.15, 0.2) is 0 Å². The maximum absolute atomic E-state index is 12.3. The number of benzene rings is 2. The lowest BCUT2D eigenvalue weighted by Gasteiger charge is -2.06. The maximum Gasteiger partial charge on any atom is 0.265 e. The second kappa shape index (κ2) is 5.79. The second-order valence-electron chi connectivity index (χ2n) is 4.66. The fourth-order valence-electron chi connectivity index (χ4n) is 2.08. The summed E-state index contributed by atoms with van der Waals surface area (Å²) < 4.78 is 1.05. The summed E-state index contributed by atoms with van der Waals surface area (Å²) in [4.78, 5) is 24.0. The van der Waals surface area contributed by atoms with Crippen LogP contribution < -0.4 is 11.1 Å². The van der Waals surface area contributed by atoms with Gasteiger partial charge in [-0.1, -0.05) is 29.8 Å². The Hall–Kier alpha value is -2.37. The molecule has 2 amide bonds. The van der Waals surface area contributed by atoms with Gasteiger partial charge in [-0.15, -0.1) is 11.3 Å². The molecular formula is C16H11ClN2O2S. The Labute approximate surface area is 135 Å². The van der Waals surface area contributed by atoms with Crippen LogP contribution in [-0.2, 0) is 0 Å². The molecule has 3 aromatic rings. The van der Waals surface area contributed by atoms with Gasteiger partial charge in [-0.25, -0.2) is 0 Å². The lowest BCUT2D eigenvalue weighted by molar-refractivity contribution is 0.0998. The van der Waals surface area contributed by atoms with Crippen LogP contribution in [-0.4, -0.2) is 11.8 Å². The minimum atomic E-state index is -0.604. The van der Waals surface area contributed by atoms with Crippen LogP contribution in [0.25, 0.3) is 10.1 Å². The third-order valence-electron chi connectivity index (χ3n) is 3.14. The van der Waals surface area contributed by atoms with Crippen LogP contribution in [0.4, 0.5) is 5.69 Å². The first-order valence-corrected chi connectivity index (χ1v) is 7.63. The number of halogens is 1. The summed E-state index contributed by atoms with van der Waals surface area (Å²) in [6.07, 6.45) is 0. The molecule has 4 nitrogen and oxygen atoms in total. The molecule has 110 valence electrons. The molecule has 3 rings (SSSR count). The summed E-state index contributed by atoms with van der Waals surface area (Å²) in [6.45, 7) is 0. The molecule has 22 heavy (non-hydrogen) atoms. The Balaban J connectivity index is 1.84.